The van der Waals surface area contributed by atoms with E-state index in [1.165, 1.54) is 28.0 Å². The molecule has 0 saturated carbocycles. The number of Topliss-reactive ketones (excluding diaryl/α,β-unsaturated/α-hetero) is 1. The number of hydrogen-bond acceptors (Lipinski definition) is 9. The number of aliphatic hydroxyl groups excluding tert-OH is 1. The van der Waals surface area contributed by atoms with Gasteiger partial charge in [0.05, 0.1) is 24.8 Å². The number of nitrogens with zero attached hydrogens (tertiary/aromatic N) is 3. The van der Waals surface area contributed by atoms with Crippen LogP contribution in [0.2, 0.25) is 0 Å². The molecule has 10 heteroatoms. The highest BCUT2D eigenvalue weighted by molar-refractivity contribution is 8.00. The van der Waals surface area contributed by atoms with Crippen molar-refractivity contribution in [1.29, 1.82) is 0 Å². The number of ketones is 1. The summed E-state index contributed by atoms with van der Waals surface area (Å²) in [6.45, 7) is 5.44. The van der Waals surface area contributed by atoms with Gasteiger partial charge in [0.15, 0.2) is 4.34 Å². The summed E-state index contributed by atoms with van der Waals surface area (Å²) in [5.74, 6) is 0.243. The van der Waals surface area contributed by atoms with Crippen LogP contribution >= 0.6 is 23.1 Å². The van der Waals surface area contributed by atoms with Crippen LogP contribution in [0.25, 0.3) is 5.76 Å². The van der Waals surface area contributed by atoms with Crippen molar-refractivity contribution in [3.8, 4) is 11.5 Å². The van der Waals surface area contributed by atoms with E-state index in [1.807, 2.05) is 54.6 Å². The number of hydrogen-bond donors (Lipinski definition) is 1. The van der Waals surface area contributed by atoms with Gasteiger partial charge in [-0.15, -0.1) is 10.2 Å². The number of aliphatic hydroxyl groups is 1. The van der Waals surface area contributed by atoms with Gasteiger partial charge in [-0.05, 0) is 60.4 Å². The lowest BCUT2D eigenvalue weighted by molar-refractivity contribution is -0.132. The molecule has 3 aromatic carbocycles. The Morgan fingerprint density at radius 3 is 2.16 bits per heavy atom. The quantitative estimate of drug-likeness (QED) is 0.0345. The van der Waals surface area contributed by atoms with E-state index < -0.39 is 17.7 Å². The van der Waals surface area contributed by atoms with Crippen LogP contribution in [0.3, 0.4) is 0 Å². The summed E-state index contributed by atoms with van der Waals surface area (Å²) in [7, 11) is 0. The molecule has 1 atom stereocenters. The molecule has 1 aliphatic rings. The molecule has 5 rings (SSSR count). The molecule has 0 bridgehead atoms. The van der Waals surface area contributed by atoms with Crippen molar-refractivity contribution < 1.29 is 24.2 Å². The Balaban J connectivity index is 1.47. The van der Waals surface area contributed by atoms with Crippen LogP contribution in [0.4, 0.5) is 5.13 Å². The molecule has 1 aromatic heterocycles. The van der Waals surface area contributed by atoms with Crippen molar-refractivity contribution >= 4 is 45.7 Å². The fraction of sp³-hybridized carbons (Fsp3) is 0.314. The van der Waals surface area contributed by atoms with Crippen molar-refractivity contribution in [3.05, 3.63) is 101 Å². The SMILES string of the molecule is CCCCCOc1ccc([C@@H]2C(=C(O)c3ccc(OCCCC)cc3)C(=O)C(=O)N2c2nnc(SCc3ccccc3)s2)cc1. The van der Waals surface area contributed by atoms with Gasteiger partial charge in [-0.1, -0.05) is 98.7 Å². The molecule has 0 spiro atoms. The molecule has 0 aliphatic carbocycles. The number of aromatic nitrogens is 2. The van der Waals surface area contributed by atoms with Crippen molar-refractivity contribution in [2.45, 2.75) is 62.1 Å². The molecule has 1 amide bonds. The van der Waals surface area contributed by atoms with Crippen LogP contribution in [0.15, 0.2) is 88.8 Å². The highest BCUT2D eigenvalue weighted by atomic mass is 32.2. The Morgan fingerprint density at radius 1 is 0.844 bits per heavy atom. The lowest BCUT2D eigenvalue weighted by Gasteiger charge is -2.22. The van der Waals surface area contributed by atoms with Gasteiger partial charge < -0.3 is 14.6 Å². The van der Waals surface area contributed by atoms with Gasteiger partial charge in [0.1, 0.15) is 17.3 Å². The minimum atomic E-state index is -0.903. The van der Waals surface area contributed by atoms with Crippen LogP contribution in [0.1, 0.15) is 68.7 Å². The fourth-order valence-corrected chi connectivity index (χ4v) is 6.73. The Morgan fingerprint density at radius 2 is 1.49 bits per heavy atom. The molecule has 8 nitrogen and oxygen atoms in total. The molecular weight excluding hydrogens is 607 g/mol. The zero-order valence-corrected chi connectivity index (χ0v) is 27.1. The number of unbranched alkanes of at least 4 members (excludes halogenated alkanes) is 3. The number of amides is 1. The van der Waals surface area contributed by atoms with E-state index in [9.17, 15) is 14.7 Å². The molecule has 2 heterocycles. The summed E-state index contributed by atoms with van der Waals surface area (Å²) >= 11 is 2.75. The second-order valence-corrected chi connectivity index (χ2v) is 12.8. The van der Waals surface area contributed by atoms with E-state index in [1.54, 1.807) is 24.3 Å². The molecule has 0 radical (unpaired) electrons. The number of thioether (sulfide) groups is 1. The van der Waals surface area contributed by atoms with E-state index >= 15 is 0 Å². The number of carbonyl (C=O) groups excluding carboxylic acids is 2. The summed E-state index contributed by atoms with van der Waals surface area (Å²) < 4.78 is 12.3. The smallest absolute Gasteiger partial charge is 0.301 e. The average Bonchev–Trinajstić information content (AvgIpc) is 3.64. The molecule has 4 aromatic rings. The van der Waals surface area contributed by atoms with Crippen LogP contribution < -0.4 is 14.4 Å². The monoisotopic (exact) mass is 643 g/mol. The van der Waals surface area contributed by atoms with Crippen LogP contribution in [0, 0.1) is 0 Å². The lowest BCUT2D eigenvalue weighted by Crippen LogP contribution is -2.29. The van der Waals surface area contributed by atoms with Gasteiger partial charge >= 0.3 is 5.91 Å². The average molecular weight is 644 g/mol. The summed E-state index contributed by atoms with van der Waals surface area (Å²) in [6.07, 6.45) is 5.11. The first-order valence-electron chi connectivity index (χ1n) is 15.3. The zero-order chi connectivity index (χ0) is 31.6. The van der Waals surface area contributed by atoms with Crippen molar-refractivity contribution in [2.75, 3.05) is 18.1 Å². The number of benzene rings is 3. The second-order valence-electron chi connectivity index (χ2n) is 10.6. The number of anilines is 1. The minimum absolute atomic E-state index is 0.00930. The molecule has 1 N–H and O–H groups in total. The zero-order valence-electron chi connectivity index (χ0n) is 25.5. The van der Waals surface area contributed by atoms with Crippen LogP contribution in [0.5, 0.6) is 11.5 Å². The third-order valence-corrected chi connectivity index (χ3v) is 9.49. The normalized spacial score (nSPS) is 15.9. The van der Waals surface area contributed by atoms with Gasteiger partial charge in [0, 0.05) is 11.3 Å². The maximum Gasteiger partial charge on any atom is 0.301 e. The molecule has 1 fully saturated rings. The van der Waals surface area contributed by atoms with Gasteiger partial charge in [-0.3, -0.25) is 14.5 Å². The molecule has 45 heavy (non-hydrogen) atoms. The van der Waals surface area contributed by atoms with Crippen LogP contribution in [-0.4, -0.2) is 40.2 Å². The molecule has 0 unspecified atom stereocenters. The van der Waals surface area contributed by atoms with E-state index in [0.29, 0.717) is 45.9 Å². The Bertz CT molecular complexity index is 1600. The molecular formula is C35H37N3O5S2. The highest BCUT2D eigenvalue weighted by Gasteiger charge is 2.48. The van der Waals surface area contributed by atoms with E-state index in [-0.39, 0.29) is 16.5 Å². The first kappa shape index (κ1) is 32.2. The van der Waals surface area contributed by atoms with Gasteiger partial charge in [0.25, 0.3) is 5.78 Å². The Hall–Kier alpha value is -4.15. The lowest BCUT2D eigenvalue weighted by atomic mass is 9.95. The third kappa shape index (κ3) is 7.93. The fourth-order valence-electron chi connectivity index (χ4n) is 4.91. The Labute approximate surface area is 272 Å². The largest absolute Gasteiger partial charge is 0.507 e. The van der Waals surface area contributed by atoms with E-state index in [4.69, 9.17) is 9.47 Å². The minimum Gasteiger partial charge on any atom is -0.507 e. The van der Waals surface area contributed by atoms with Crippen molar-refractivity contribution in [2.24, 2.45) is 0 Å². The highest BCUT2D eigenvalue weighted by Crippen LogP contribution is 2.44. The molecule has 1 saturated heterocycles. The van der Waals surface area contributed by atoms with Gasteiger partial charge in [0.2, 0.25) is 5.13 Å². The topological polar surface area (TPSA) is 102 Å². The third-order valence-electron chi connectivity index (χ3n) is 7.36. The van der Waals surface area contributed by atoms with Crippen molar-refractivity contribution in [3.63, 3.8) is 0 Å². The van der Waals surface area contributed by atoms with Crippen molar-refractivity contribution in [1.82, 2.24) is 10.2 Å². The number of rotatable bonds is 15. The number of ether oxygens (including phenoxy) is 2. The summed E-state index contributed by atoms with van der Waals surface area (Å²) in [6, 6.07) is 23.3. The standard InChI is InChI=1S/C35H37N3O5S2/c1-3-5-10-22-43-27-17-13-25(14-18-27)30-29(31(39)26-15-19-28(20-16-26)42-21-6-4-2)32(40)33(41)38(30)34-36-37-35(45-34)44-23-24-11-8-7-9-12-24/h7-9,11-20,30,39H,3-6,10,21-23H2,1-2H3/t30-/m1/s1. The molecule has 234 valence electrons. The van der Waals surface area contributed by atoms with E-state index in [0.717, 1.165) is 37.7 Å². The maximum absolute atomic E-state index is 13.6. The Kier molecular flexibility index (Phi) is 11.3. The summed E-state index contributed by atoms with van der Waals surface area (Å²) in [5, 5.41) is 20.4. The maximum atomic E-state index is 13.6. The van der Waals surface area contributed by atoms with E-state index in [2.05, 4.69) is 24.0 Å². The first-order chi connectivity index (χ1) is 22.0. The second kappa shape index (κ2) is 15.7. The van der Waals surface area contributed by atoms with Gasteiger partial charge in [-0.25, -0.2) is 0 Å². The summed E-state index contributed by atoms with van der Waals surface area (Å²) in [5.41, 5.74) is 2.18. The predicted octanol–water partition coefficient (Wildman–Crippen LogP) is 8.20. The van der Waals surface area contributed by atoms with Gasteiger partial charge in [-0.2, -0.15) is 0 Å². The number of carbonyl (C=O) groups is 2. The summed E-state index contributed by atoms with van der Waals surface area (Å²) in [4.78, 5) is 28.6. The van der Waals surface area contributed by atoms with Crippen LogP contribution in [-0.2, 0) is 15.3 Å². The predicted molar refractivity (Wildman–Crippen MR) is 179 cm³/mol. The first-order valence-corrected chi connectivity index (χ1v) is 17.1. The molecule has 1 aliphatic heterocycles.